The fraction of sp³-hybridized carbons (Fsp3) is 0.385. The summed E-state index contributed by atoms with van der Waals surface area (Å²) < 4.78 is 9.38. The van der Waals surface area contributed by atoms with E-state index in [1.165, 1.54) is 5.56 Å². The Labute approximate surface area is 201 Å². The Bertz CT molecular complexity index is 1410. The van der Waals surface area contributed by atoms with Gasteiger partial charge < -0.3 is 10.1 Å². The van der Waals surface area contributed by atoms with Crippen molar-refractivity contribution < 1.29 is 11.0 Å². The van der Waals surface area contributed by atoms with Gasteiger partial charge >= 0.3 is 0 Å². The summed E-state index contributed by atoms with van der Waals surface area (Å²) in [5.74, 6) is 0.188. The number of nitrogens with zero attached hydrogens (tertiary/aromatic N) is 5. The Kier molecular flexibility index (Phi) is 6.17. The van der Waals surface area contributed by atoms with E-state index >= 15 is 0 Å². The Morgan fingerprint density at radius 2 is 1.79 bits per heavy atom. The van der Waals surface area contributed by atoms with Crippen molar-refractivity contribution in [3.63, 3.8) is 0 Å². The van der Waals surface area contributed by atoms with Gasteiger partial charge in [0.2, 0.25) is 5.88 Å². The van der Waals surface area contributed by atoms with Crippen molar-refractivity contribution >= 4 is 16.9 Å². The lowest BCUT2D eigenvalue weighted by atomic mass is 9.99. The number of carbonyl (C=O) groups excluding carboxylic acids is 1. The highest BCUT2D eigenvalue weighted by Crippen LogP contribution is 2.33. The SMILES string of the molecule is Cc1ccc(C)c(-c2nn(C)c3nc(OCC(=O)NC(C)c4c(C)nn(C)c4C)cc(C)c23)c1.[HH]. The molecule has 1 amide bonds. The van der Waals surface area contributed by atoms with Crippen LogP contribution in [0.2, 0.25) is 0 Å². The van der Waals surface area contributed by atoms with Crippen LogP contribution in [0, 0.1) is 34.6 Å². The first-order valence-electron chi connectivity index (χ1n) is 11.4. The molecule has 8 nitrogen and oxygen atoms in total. The third-order valence-corrected chi connectivity index (χ3v) is 6.34. The highest BCUT2D eigenvalue weighted by Gasteiger charge is 2.20. The first-order chi connectivity index (χ1) is 16.1. The minimum absolute atomic E-state index is 0. The summed E-state index contributed by atoms with van der Waals surface area (Å²) in [4.78, 5) is 17.3. The summed E-state index contributed by atoms with van der Waals surface area (Å²) >= 11 is 0. The molecule has 0 saturated carbocycles. The first-order valence-corrected chi connectivity index (χ1v) is 11.4. The van der Waals surface area contributed by atoms with Crippen molar-refractivity contribution in [2.45, 2.75) is 47.6 Å². The van der Waals surface area contributed by atoms with E-state index in [0.717, 1.165) is 50.4 Å². The molecule has 0 aliphatic heterocycles. The van der Waals surface area contributed by atoms with E-state index in [-0.39, 0.29) is 20.0 Å². The summed E-state index contributed by atoms with van der Waals surface area (Å²) in [6.45, 7) is 12.0. The van der Waals surface area contributed by atoms with Crippen molar-refractivity contribution in [1.29, 1.82) is 0 Å². The van der Waals surface area contributed by atoms with Crippen LogP contribution in [-0.2, 0) is 18.9 Å². The van der Waals surface area contributed by atoms with E-state index in [2.05, 4.69) is 47.4 Å². The third kappa shape index (κ3) is 4.27. The molecule has 0 spiro atoms. The summed E-state index contributed by atoms with van der Waals surface area (Å²) in [5, 5.41) is 13.2. The minimum atomic E-state index is -0.212. The van der Waals surface area contributed by atoms with Crippen LogP contribution in [0.1, 0.15) is 48.0 Å². The molecule has 1 N–H and O–H groups in total. The van der Waals surface area contributed by atoms with Crippen LogP contribution in [0.15, 0.2) is 24.3 Å². The lowest BCUT2D eigenvalue weighted by molar-refractivity contribution is -0.123. The van der Waals surface area contributed by atoms with Crippen LogP contribution in [0.3, 0.4) is 0 Å². The van der Waals surface area contributed by atoms with Gasteiger partial charge in [0.1, 0.15) is 5.69 Å². The summed E-state index contributed by atoms with van der Waals surface area (Å²) in [6, 6.07) is 8.06. The van der Waals surface area contributed by atoms with E-state index in [1.54, 1.807) is 4.68 Å². The molecular formula is C26H34N6O2. The second-order valence-corrected chi connectivity index (χ2v) is 9.05. The zero-order valence-corrected chi connectivity index (χ0v) is 21.1. The van der Waals surface area contributed by atoms with Gasteiger partial charge in [-0.05, 0) is 58.7 Å². The summed E-state index contributed by atoms with van der Waals surface area (Å²) in [7, 11) is 3.78. The van der Waals surface area contributed by atoms with Crippen molar-refractivity contribution in [1.82, 2.24) is 29.9 Å². The average molecular weight is 463 g/mol. The van der Waals surface area contributed by atoms with E-state index in [9.17, 15) is 4.79 Å². The van der Waals surface area contributed by atoms with Crippen LogP contribution in [0.4, 0.5) is 0 Å². The van der Waals surface area contributed by atoms with E-state index < -0.39 is 0 Å². The van der Waals surface area contributed by atoms with Crippen LogP contribution < -0.4 is 10.1 Å². The number of hydrogen-bond acceptors (Lipinski definition) is 5. The van der Waals surface area contributed by atoms with Crippen LogP contribution in [0.25, 0.3) is 22.3 Å². The summed E-state index contributed by atoms with van der Waals surface area (Å²) in [5.41, 5.74) is 9.04. The number of aromatic nitrogens is 5. The molecule has 0 radical (unpaired) electrons. The van der Waals surface area contributed by atoms with Gasteiger partial charge in [0.05, 0.1) is 17.1 Å². The van der Waals surface area contributed by atoms with Crippen LogP contribution in [-0.4, -0.2) is 37.1 Å². The monoisotopic (exact) mass is 462 g/mol. The fourth-order valence-electron chi connectivity index (χ4n) is 4.57. The molecule has 1 unspecified atom stereocenters. The van der Waals surface area contributed by atoms with Crippen LogP contribution in [0.5, 0.6) is 5.88 Å². The number of carbonyl (C=O) groups is 1. The molecule has 3 aromatic heterocycles. The first kappa shape index (κ1) is 23.5. The van der Waals surface area contributed by atoms with Crippen LogP contribution >= 0.6 is 0 Å². The highest BCUT2D eigenvalue weighted by molar-refractivity contribution is 5.95. The molecule has 1 aromatic carbocycles. The molecule has 0 fully saturated rings. The van der Waals surface area contributed by atoms with Gasteiger partial charge in [-0.1, -0.05) is 17.7 Å². The number of nitrogens with one attached hydrogen (secondary N) is 1. The van der Waals surface area contributed by atoms with E-state index in [1.807, 2.05) is 52.5 Å². The fourth-order valence-corrected chi connectivity index (χ4v) is 4.57. The number of hydrogen-bond donors (Lipinski definition) is 1. The molecule has 4 rings (SSSR count). The number of ether oxygens (including phenoxy) is 1. The molecule has 0 saturated heterocycles. The Morgan fingerprint density at radius 3 is 2.47 bits per heavy atom. The topological polar surface area (TPSA) is 86.9 Å². The van der Waals surface area contributed by atoms with Crippen molar-refractivity contribution in [2.24, 2.45) is 14.1 Å². The molecule has 0 aliphatic carbocycles. The van der Waals surface area contributed by atoms with Gasteiger partial charge in [0.15, 0.2) is 12.3 Å². The van der Waals surface area contributed by atoms with Gasteiger partial charge in [0.25, 0.3) is 5.91 Å². The molecule has 0 aliphatic rings. The molecular weight excluding hydrogens is 428 g/mol. The van der Waals surface area contributed by atoms with Crippen molar-refractivity contribution in [3.05, 3.63) is 57.9 Å². The number of aryl methyl sites for hydroxylation is 6. The number of amides is 1. The minimum Gasteiger partial charge on any atom is -0.468 e. The largest absolute Gasteiger partial charge is 0.468 e. The number of benzene rings is 1. The zero-order chi connectivity index (χ0) is 24.7. The maximum Gasteiger partial charge on any atom is 0.258 e. The predicted molar refractivity (Wildman–Crippen MR) is 135 cm³/mol. The molecule has 34 heavy (non-hydrogen) atoms. The van der Waals surface area contributed by atoms with E-state index in [4.69, 9.17) is 9.84 Å². The summed E-state index contributed by atoms with van der Waals surface area (Å²) in [6.07, 6.45) is 0. The van der Waals surface area contributed by atoms with Crippen molar-refractivity contribution in [2.75, 3.05) is 6.61 Å². The van der Waals surface area contributed by atoms with Gasteiger partial charge in [-0.2, -0.15) is 15.2 Å². The van der Waals surface area contributed by atoms with Gasteiger partial charge in [-0.25, -0.2) is 4.68 Å². The average Bonchev–Trinajstić information content (AvgIpc) is 3.23. The van der Waals surface area contributed by atoms with E-state index in [0.29, 0.717) is 5.88 Å². The zero-order valence-electron chi connectivity index (χ0n) is 21.1. The predicted octanol–water partition coefficient (Wildman–Crippen LogP) is 4.41. The lowest BCUT2D eigenvalue weighted by Crippen LogP contribution is -2.31. The Balaban J connectivity index is 0.00000342. The normalized spacial score (nSPS) is 12.2. The maximum absolute atomic E-state index is 12.6. The number of pyridine rings is 1. The van der Waals surface area contributed by atoms with Gasteiger partial charge in [-0.15, -0.1) is 0 Å². The maximum atomic E-state index is 12.6. The quantitative estimate of drug-likeness (QED) is 0.459. The molecule has 3 heterocycles. The van der Waals surface area contributed by atoms with Crippen molar-refractivity contribution in [3.8, 4) is 17.1 Å². The molecule has 0 bridgehead atoms. The molecule has 4 aromatic rings. The number of rotatable bonds is 6. The Morgan fingerprint density at radius 1 is 1.06 bits per heavy atom. The highest BCUT2D eigenvalue weighted by atomic mass is 16.5. The standard InChI is InChI=1S/C26H32N6O2.H2/c1-14-9-10-15(2)20(11-14)25-23-16(3)12-22(28-26(23)32(8)30-25)34-13-21(33)27-17(4)24-18(5)29-31(7)19(24)6;/h9-12,17H,13H2,1-8H3,(H,27,33);1H. The van der Waals surface area contributed by atoms with Gasteiger partial charge in [-0.3, -0.25) is 9.48 Å². The smallest absolute Gasteiger partial charge is 0.258 e. The molecule has 8 heteroatoms. The van der Waals surface area contributed by atoms with Gasteiger partial charge in [0, 0.05) is 38.4 Å². The third-order valence-electron chi connectivity index (χ3n) is 6.34. The lowest BCUT2D eigenvalue weighted by Gasteiger charge is -2.15. The number of fused-ring (bicyclic) bond motifs is 1. The molecule has 180 valence electrons. The Hall–Kier alpha value is -3.68. The second-order valence-electron chi connectivity index (χ2n) is 9.05. The molecule has 1 atom stereocenters. The second kappa shape index (κ2) is 8.93.